The van der Waals surface area contributed by atoms with Crippen LogP contribution in [0.15, 0.2) is 0 Å². The molecule has 0 N–H and O–H groups in total. The van der Waals surface area contributed by atoms with Crippen molar-refractivity contribution in [3.8, 4) is 0 Å². The lowest BCUT2D eigenvalue weighted by molar-refractivity contribution is 0.535. The molecule has 0 amide bonds. The number of hydrogen-bond acceptors (Lipinski definition) is 2. The molecule has 3 nitrogen and oxygen atoms in total. The summed E-state index contributed by atoms with van der Waals surface area (Å²) in [5.74, 6) is 2.77. The van der Waals surface area contributed by atoms with Gasteiger partial charge in [0.15, 0.2) is 0 Å². The SMILES string of the molecule is CCCn1c(CBr)nnc1C(CC)CC. The highest BCUT2D eigenvalue weighted by atomic mass is 79.9. The molecular formula is C11H20BrN3. The molecule has 86 valence electrons. The average molecular weight is 274 g/mol. The topological polar surface area (TPSA) is 30.7 Å². The Hall–Kier alpha value is -0.380. The van der Waals surface area contributed by atoms with Gasteiger partial charge in [-0.2, -0.15) is 0 Å². The Morgan fingerprint density at radius 3 is 2.33 bits per heavy atom. The minimum Gasteiger partial charge on any atom is -0.314 e. The van der Waals surface area contributed by atoms with E-state index in [2.05, 4.69) is 51.5 Å². The summed E-state index contributed by atoms with van der Waals surface area (Å²) in [7, 11) is 0. The lowest BCUT2D eigenvalue weighted by Crippen LogP contribution is -2.10. The third-order valence-corrected chi connectivity index (χ3v) is 3.28. The Morgan fingerprint density at radius 2 is 1.87 bits per heavy atom. The van der Waals surface area contributed by atoms with E-state index in [0.29, 0.717) is 5.92 Å². The highest BCUT2D eigenvalue weighted by Crippen LogP contribution is 2.22. The van der Waals surface area contributed by atoms with Crippen LogP contribution >= 0.6 is 15.9 Å². The predicted molar refractivity (Wildman–Crippen MR) is 66.3 cm³/mol. The zero-order chi connectivity index (χ0) is 11.3. The van der Waals surface area contributed by atoms with Crippen molar-refractivity contribution in [1.29, 1.82) is 0 Å². The molecule has 0 bridgehead atoms. The summed E-state index contributed by atoms with van der Waals surface area (Å²) in [4.78, 5) is 0. The molecule has 0 aliphatic rings. The van der Waals surface area contributed by atoms with Gasteiger partial charge in [-0.15, -0.1) is 10.2 Å². The van der Waals surface area contributed by atoms with E-state index in [1.54, 1.807) is 0 Å². The van der Waals surface area contributed by atoms with Crippen LogP contribution in [0, 0.1) is 0 Å². The molecule has 0 aliphatic heterocycles. The van der Waals surface area contributed by atoms with Gasteiger partial charge in [0.1, 0.15) is 11.6 Å². The first-order valence-corrected chi connectivity index (χ1v) is 6.88. The van der Waals surface area contributed by atoms with Crippen LogP contribution in [0.25, 0.3) is 0 Å². The Kier molecular flexibility index (Phi) is 5.29. The largest absolute Gasteiger partial charge is 0.314 e. The molecule has 0 spiro atoms. The third kappa shape index (κ3) is 2.80. The van der Waals surface area contributed by atoms with Crippen LogP contribution in [0.4, 0.5) is 0 Å². The van der Waals surface area contributed by atoms with E-state index in [1.807, 2.05) is 0 Å². The number of nitrogens with zero attached hydrogens (tertiary/aromatic N) is 3. The molecule has 0 radical (unpaired) electrons. The standard InChI is InChI=1S/C11H20BrN3/c1-4-7-15-10(8-12)13-14-11(15)9(5-2)6-3/h9H,4-8H2,1-3H3. The van der Waals surface area contributed by atoms with Gasteiger partial charge < -0.3 is 4.57 Å². The van der Waals surface area contributed by atoms with E-state index >= 15 is 0 Å². The van der Waals surface area contributed by atoms with Crippen molar-refractivity contribution < 1.29 is 0 Å². The number of rotatable bonds is 6. The summed E-state index contributed by atoms with van der Waals surface area (Å²) in [5.41, 5.74) is 0. The predicted octanol–water partition coefficient (Wildman–Crippen LogP) is 3.49. The van der Waals surface area contributed by atoms with Gasteiger partial charge in [-0.05, 0) is 19.3 Å². The normalized spacial score (nSPS) is 11.3. The minimum absolute atomic E-state index is 0.553. The van der Waals surface area contributed by atoms with E-state index in [4.69, 9.17) is 0 Å². The van der Waals surface area contributed by atoms with Crippen molar-refractivity contribution in [3.63, 3.8) is 0 Å². The Bertz CT molecular complexity index is 292. The summed E-state index contributed by atoms with van der Waals surface area (Å²) in [6.45, 7) is 7.65. The van der Waals surface area contributed by atoms with Crippen LogP contribution in [-0.2, 0) is 11.9 Å². The first-order chi connectivity index (χ1) is 7.28. The zero-order valence-electron chi connectivity index (χ0n) is 9.83. The van der Waals surface area contributed by atoms with Crippen LogP contribution in [0.2, 0.25) is 0 Å². The monoisotopic (exact) mass is 273 g/mol. The molecule has 1 aromatic heterocycles. The molecule has 15 heavy (non-hydrogen) atoms. The maximum absolute atomic E-state index is 4.33. The second kappa shape index (κ2) is 6.26. The van der Waals surface area contributed by atoms with Crippen LogP contribution in [0.5, 0.6) is 0 Å². The van der Waals surface area contributed by atoms with Crippen molar-refractivity contribution in [2.75, 3.05) is 0 Å². The van der Waals surface area contributed by atoms with Crippen LogP contribution in [0.3, 0.4) is 0 Å². The minimum atomic E-state index is 0.553. The summed E-state index contributed by atoms with van der Waals surface area (Å²) in [6.07, 6.45) is 3.41. The summed E-state index contributed by atoms with van der Waals surface area (Å²) < 4.78 is 2.27. The van der Waals surface area contributed by atoms with Crippen LogP contribution < -0.4 is 0 Å². The van der Waals surface area contributed by atoms with Gasteiger partial charge in [0.2, 0.25) is 0 Å². The molecule has 0 aromatic carbocycles. The van der Waals surface area contributed by atoms with E-state index in [1.165, 1.54) is 0 Å². The number of halogens is 1. The first-order valence-electron chi connectivity index (χ1n) is 5.76. The fourth-order valence-electron chi connectivity index (χ4n) is 1.87. The van der Waals surface area contributed by atoms with Crippen molar-refractivity contribution in [1.82, 2.24) is 14.8 Å². The Labute approximate surface area is 100 Å². The summed E-state index contributed by atoms with van der Waals surface area (Å²) in [6, 6.07) is 0. The van der Waals surface area contributed by atoms with Crippen LogP contribution in [0.1, 0.15) is 57.6 Å². The summed E-state index contributed by atoms with van der Waals surface area (Å²) >= 11 is 3.46. The second-order valence-corrected chi connectivity index (χ2v) is 4.33. The molecule has 0 saturated heterocycles. The summed E-state index contributed by atoms with van der Waals surface area (Å²) in [5, 5.41) is 9.36. The lowest BCUT2D eigenvalue weighted by atomic mass is 10.0. The van der Waals surface area contributed by atoms with Gasteiger partial charge in [-0.1, -0.05) is 36.7 Å². The van der Waals surface area contributed by atoms with Gasteiger partial charge in [-0.3, -0.25) is 0 Å². The number of hydrogen-bond donors (Lipinski definition) is 0. The molecule has 1 rings (SSSR count). The first kappa shape index (κ1) is 12.7. The Balaban J connectivity index is 2.99. The van der Waals surface area contributed by atoms with Crippen molar-refractivity contribution >= 4 is 15.9 Å². The molecule has 0 fully saturated rings. The van der Waals surface area contributed by atoms with E-state index < -0.39 is 0 Å². The highest BCUT2D eigenvalue weighted by molar-refractivity contribution is 9.08. The smallest absolute Gasteiger partial charge is 0.143 e. The quantitative estimate of drug-likeness (QED) is 0.743. The average Bonchev–Trinajstić information content (AvgIpc) is 2.64. The van der Waals surface area contributed by atoms with Crippen molar-refractivity contribution in [3.05, 3.63) is 11.6 Å². The van der Waals surface area contributed by atoms with Crippen molar-refractivity contribution in [2.24, 2.45) is 0 Å². The maximum atomic E-state index is 4.33. The molecule has 1 heterocycles. The molecule has 4 heteroatoms. The highest BCUT2D eigenvalue weighted by Gasteiger charge is 2.17. The van der Waals surface area contributed by atoms with Gasteiger partial charge in [0, 0.05) is 12.5 Å². The van der Waals surface area contributed by atoms with Gasteiger partial charge in [0.25, 0.3) is 0 Å². The van der Waals surface area contributed by atoms with Gasteiger partial charge >= 0.3 is 0 Å². The third-order valence-electron chi connectivity index (χ3n) is 2.77. The Morgan fingerprint density at radius 1 is 1.20 bits per heavy atom. The van der Waals surface area contributed by atoms with E-state index in [0.717, 1.165) is 42.8 Å². The van der Waals surface area contributed by atoms with E-state index in [9.17, 15) is 0 Å². The molecule has 0 atom stereocenters. The zero-order valence-corrected chi connectivity index (χ0v) is 11.4. The number of alkyl halides is 1. The van der Waals surface area contributed by atoms with E-state index in [-0.39, 0.29) is 0 Å². The molecule has 1 aromatic rings. The maximum Gasteiger partial charge on any atom is 0.143 e. The molecular weight excluding hydrogens is 254 g/mol. The fourth-order valence-corrected chi connectivity index (χ4v) is 2.29. The molecule has 0 saturated carbocycles. The lowest BCUT2D eigenvalue weighted by Gasteiger charge is -2.14. The fraction of sp³-hybridized carbons (Fsp3) is 0.818. The van der Waals surface area contributed by atoms with Gasteiger partial charge in [0.05, 0.1) is 5.33 Å². The number of aromatic nitrogens is 3. The second-order valence-electron chi connectivity index (χ2n) is 3.77. The van der Waals surface area contributed by atoms with Crippen LogP contribution in [-0.4, -0.2) is 14.8 Å². The van der Waals surface area contributed by atoms with Gasteiger partial charge in [-0.25, -0.2) is 0 Å². The molecule has 0 aliphatic carbocycles. The molecule has 0 unspecified atom stereocenters. The van der Waals surface area contributed by atoms with Crippen molar-refractivity contribution in [2.45, 2.75) is 57.8 Å².